The third kappa shape index (κ3) is 5.98. The van der Waals surface area contributed by atoms with Crippen LogP contribution >= 0.6 is 11.8 Å². The molecule has 8 nitrogen and oxygen atoms in total. The zero-order chi connectivity index (χ0) is 24.9. The van der Waals surface area contributed by atoms with Gasteiger partial charge in [-0.25, -0.2) is 0 Å². The molecule has 3 aromatic rings. The van der Waals surface area contributed by atoms with Crippen molar-refractivity contribution in [3.63, 3.8) is 0 Å². The second kappa shape index (κ2) is 11.3. The molecule has 2 aliphatic heterocycles. The van der Waals surface area contributed by atoms with E-state index in [-0.39, 0.29) is 23.0 Å². The summed E-state index contributed by atoms with van der Waals surface area (Å²) >= 11 is 1.06. The summed E-state index contributed by atoms with van der Waals surface area (Å²) in [6.45, 7) is 2.57. The van der Waals surface area contributed by atoms with Crippen LogP contribution in [0.1, 0.15) is 18.4 Å². The van der Waals surface area contributed by atoms with E-state index in [0.717, 1.165) is 65.6 Å². The maximum absolute atomic E-state index is 11.8. The highest BCUT2D eigenvalue weighted by Gasteiger charge is 2.31. The van der Waals surface area contributed by atoms with E-state index in [0.29, 0.717) is 19.0 Å². The summed E-state index contributed by atoms with van der Waals surface area (Å²) in [6.07, 6.45) is 3.69. The van der Waals surface area contributed by atoms with Crippen LogP contribution in [-0.2, 0) is 11.2 Å². The number of rotatable bonds is 9. The minimum Gasteiger partial charge on any atom is -0.490 e. The van der Waals surface area contributed by atoms with Crippen LogP contribution in [0.5, 0.6) is 5.75 Å². The normalized spacial score (nSPS) is 19.5. The monoisotopic (exact) mass is 506 g/mol. The fourth-order valence-corrected chi connectivity index (χ4v) is 5.53. The number of amides is 2. The SMILES string of the molecule is O=C1NC(=O)C(Cc2ccc(N3CCC(NC[C@H](O)COc4cccc5ncccc45)CC3)cc2)S1. The predicted octanol–water partition coefficient (Wildman–Crippen LogP) is 3.13. The number of thioether (sulfide) groups is 1. The van der Waals surface area contributed by atoms with E-state index in [1.54, 1.807) is 6.20 Å². The van der Waals surface area contributed by atoms with Gasteiger partial charge >= 0.3 is 0 Å². The maximum Gasteiger partial charge on any atom is 0.286 e. The van der Waals surface area contributed by atoms with Gasteiger partial charge in [-0.15, -0.1) is 0 Å². The van der Waals surface area contributed by atoms with E-state index in [1.165, 1.54) is 0 Å². The lowest BCUT2D eigenvalue weighted by Crippen LogP contribution is -2.45. The standard InChI is InChI=1S/C27H30N4O4S/c32-21(17-35-24-5-1-4-23-22(24)3-2-12-28-23)16-29-19-10-13-31(14-11-19)20-8-6-18(7-9-20)15-25-26(33)30-27(34)36-25/h1-9,12,19,21,25,29,32H,10-11,13-17H2,(H,30,33,34)/t21-,25?/m0/s1. The number of carbonyl (C=O) groups is 2. The molecular formula is C27H30N4O4S. The van der Waals surface area contributed by atoms with Crippen molar-refractivity contribution in [3.8, 4) is 5.75 Å². The van der Waals surface area contributed by atoms with Gasteiger partial charge in [0.25, 0.3) is 5.24 Å². The number of anilines is 1. The van der Waals surface area contributed by atoms with E-state index in [1.807, 2.05) is 42.5 Å². The highest BCUT2D eigenvalue weighted by molar-refractivity contribution is 8.15. The van der Waals surface area contributed by atoms with Gasteiger partial charge in [0.05, 0.1) is 10.8 Å². The number of aliphatic hydroxyl groups excluding tert-OH is 1. The molecule has 0 radical (unpaired) electrons. The highest BCUT2D eigenvalue weighted by Crippen LogP contribution is 2.26. The Bertz CT molecular complexity index is 1210. The number of aromatic nitrogens is 1. The van der Waals surface area contributed by atoms with E-state index < -0.39 is 6.10 Å². The molecule has 3 heterocycles. The lowest BCUT2D eigenvalue weighted by atomic mass is 10.0. The molecule has 0 aliphatic carbocycles. The van der Waals surface area contributed by atoms with Gasteiger partial charge in [0, 0.05) is 42.9 Å². The molecule has 2 saturated heterocycles. The fraction of sp³-hybridized carbons (Fsp3) is 0.370. The van der Waals surface area contributed by atoms with E-state index >= 15 is 0 Å². The Labute approximate surface area is 214 Å². The number of nitrogens with one attached hydrogen (secondary N) is 2. The number of ether oxygens (including phenoxy) is 1. The number of pyridine rings is 1. The summed E-state index contributed by atoms with van der Waals surface area (Å²) in [4.78, 5) is 29.8. The van der Waals surface area contributed by atoms with Gasteiger partial charge in [0.15, 0.2) is 0 Å². The van der Waals surface area contributed by atoms with Crippen molar-refractivity contribution in [2.45, 2.75) is 36.7 Å². The molecule has 1 unspecified atom stereocenters. The number of fused-ring (bicyclic) bond motifs is 1. The third-order valence-corrected chi connectivity index (χ3v) is 7.64. The molecule has 3 N–H and O–H groups in total. The van der Waals surface area contributed by atoms with Crippen LogP contribution in [-0.4, -0.2) is 64.9 Å². The van der Waals surface area contributed by atoms with Gasteiger partial charge in [0.2, 0.25) is 5.91 Å². The zero-order valence-corrected chi connectivity index (χ0v) is 20.7. The minimum absolute atomic E-state index is 0.203. The Hall–Kier alpha value is -3.14. The number of piperidine rings is 1. The van der Waals surface area contributed by atoms with Gasteiger partial charge in [-0.2, -0.15) is 0 Å². The van der Waals surface area contributed by atoms with Crippen LogP contribution in [0, 0.1) is 0 Å². The van der Waals surface area contributed by atoms with Crippen molar-refractivity contribution in [3.05, 3.63) is 66.4 Å². The molecule has 188 valence electrons. The first-order chi connectivity index (χ1) is 17.5. The van der Waals surface area contributed by atoms with Crippen molar-refractivity contribution >= 4 is 39.5 Å². The van der Waals surface area contributed by atoms with Gasteiger partial charge < -0.3 is 20.1 Å². The second-order valence-corrected chi connectivity index (χ2v) is 10.4. The first-order valence-electron chi connectivity index (χ1n) is 12.3. The molecule has 0 spiro atoms. The van der Waals surface area contributed by atoms with E-state index in [2.05, 4.69) is 32.7 Å². The molecule has 5 rings (SSSR count). The molecule has 0 bridgehead atoms. The van der Waals surface area contributed by atoms with Gasteiger partial charge in [0.1, 0.15) is 18.5 Å². The summed E-state index contributed by atoms with van der Waals surface area (Å²) in [6, 6.07) is 18.2. The number of hydrogen-bond donors (Lipinski definition) is 3. The fourth-order valence-electron chi connectivity index (χ4n) is 4.67. The lowest BCUT2D eigenvalue weighted by molar-refractivity contribution is -0.118. The number of hydrogen-bond acceptors (Lipinski definition) is 8. The molecule has 36 heavy (non-hydrogen) atoms. The number of nitrogens with zero attached hydrogens (tertiary/aromatic N) is 2. The minimum atomic E-state index is -0.599. The Kier molecular flexibility index (Phi) is 7.69. The third-order valence-electron chi connectivity index (χ3n) is 6.66. The summed E-state index contributed by atoms with van der Waals surface area (Å²) in [5.41, 5.74) is 3.09. The van der Waals surface area contributed by atoms with Crippen LogP contribution in [0.25, 0.3) is 10.9 Å². The molecule has 2 fully saturated rings. The highest BCUT2D eigenvalue weighted by atomic mass is 32.2. The largest absolute Gasteiger partial charge is 0.490 e. The number of aliphatic hydroxyl groups is 1. The summed E-state index contributed by atoms with van der Waals surface area (Å²) in [7, 11) is 0. The van der Waals surface area contributed by atoms with E-state index in [4.69, 9.17) is 4.74 Å². The number of imide groups is 1. The van der Waals surface area contributed by atoms with Crippen LogP contribution < -0.4 is 20.3 Å². The van der Waals surface area contributed by atoms with Gasteiger partial charge in [-0.3, -0.25) is 19.9 Å². The molecule has 0 saturated carbocycles. The molecule has 2 aliphatic rings. The molecular weight excluding hydrogens is 476 g/mol. The number of benzene rings is 2. The number of carbonyl (C=O) groups excluding carboxylic acids is 2. The average molecular weight is 507 g/mol. The predicted molar refractivity (Wildman–Crippen MR) is 142 cm³/mol. The first kappa shape index (κ1) is 24.5. The van der Waals surface area contributed by atoms with Crippen molar-refractivity contribution in [2.75, 3.05) is 31.1 Å². The zero-order valence-electron chi connectivity index (χ0n) is 19.9. The molecule has 1 aromatic heterocycles. The Morgan fingerprint density at radius 3 is 2.67 bits per heavy atom. The topological polar surface area (TPSA) is 104 Å². The quantitative estimate of drug-likeness (QED) is 0.407. The molecule has 2 aromatic carbocycles. The van der Waals surface area contributed by atoms with Crippen LogP contribution in [0.15, 0.2) is 60.8 Å². The smallest absolute Gasteiger partial charge is 0.286 e. The van der Waals surface area contributed by atoms with Crippen molar-refractivity contribution in [2.24, 2.45) is 0 Å². The lowest BCUT2D eigenvalue weighted by Gasteiger charge is -2.34. The Morgan fingerprint density at radius 2 is 1.92 bits per heavy atom. The van der Waals surface area contributed by atoms with Crippen molar-refractivity contribution < 1.29 is 19.4 Å². The van der Waals surface area contributed by atoms with E-state index in [9.17, 15) is 14.7 Å². The second-order valence-electron chi connectivity index (χ2n) is 9.21. The Balaban J connectivity index is 1.04. The molecule has 2 atom stereocenters. The van der Waals surface area contributed by atoms with Gasteiger partial charge in [-0.1, -0.05) is 30.0 Å². The molecule has 9 heteroatoms. The van der Waals surface area contributed by atoms with Gasteiger partial charge in [-0.05, 0) is 61.2 Å². The van der Waals surface area contributed by atoms with Crippen LogP contribution in [0.2, 0.25) is 0 Å². The first-order valence-corrected chi connectivity index (χ1v) is 13.2. The summed E-state index contributed by atoms with van der Waals surface area (Å²) in [5, 5.41) is 16.6. The Morgan fingerprint density at radius 1 is 1.11 bits per heavy atom. The van der Waals surface area contributed by atoms with Crippen molar-refractivity contribution in [1.29, 1.82) is 0 Å². The summed E-state index contributed by atoms with van der Waals surface area (Å²) in [5.74, 6) is 0.531. The molecule has 2 amide bonds. The summed E-state index contributed by atoms with van der Waals surface area (Å²) < 4.78 is 5.88. The average Bonchev–Trinajstić information content (AvgIpc) is 3.23. The van der Waals surface area contributed by atoms with Crippen LogP contribution in [0.3, 0.4) is 0 Å². The van der Waals surface area contributed by atoms with Crippen LogP contribution in [0.4, 0.5) is 10.5 Å². The maximum atomic E-state index is 11.8. The van der Waals surface area contributed by atoms with Crippen molar-refractivity contribution in [1.82, 2.24) is 15.6 Å².